The first-order chi connectivity index (χ1) is 16.1. The van der Waals surface area contributed by atoms with E-state index in [1.54, 1.807) is 11.0 Å². The molecule has 0 saturated carbocycles. The van der Waals surface area contributed by atoms with Crippen molar-refractivity contribution in [1.29, 1.82) is 0 Å². The minimum atomic E-state index is -4.57. The summed E-state index contributed by atoms with van der Waals surface area (Å²) in [4.78, 5) is 13.7. The highest BCUT2D eigenvalue weighted by Gasteiger charge is 2.60. The van der Waals surface area contributed by atoms with Gasteiger partial charge >= 0.3 is 12.2 Å². The van der Waals surface area contributed by atoms with Gasteiger partial charge in [0.1, 0.15) is 5.60 Å². The lowest BCUT2D eigenvalue weighted by atomic mass is 9.83. The Kier molecular flexibility index (Phi) is 5.82. The molecule has 1 fully saturated rings. The number of carbonyl (C=O) groups is 1. The van der Waals surface area contributed by atoms with Crippen molar-refractivity contribution in [3.8, 4) is 0 Å². The van der Waals surface area contributed by atoms with Crippen LogP contribution in [0.3, 0.4) is 0 Å². The molecule has 5 rings (SSSR count). The summed E-state index contributed by atoms with van der Waals surface area (Å²) in [5.41, 5.74) is 2.25. The molecule has 0 aromatic heterocycles. The van der Waals surface area contributed by atoms with Gasteiger partial charge in [-0.3, -0.25) is 0 Å². The fraction of sp³-hybridized carbons (Fsp3) is 0.391. The lowest BCUT2D eigenvalue weighted by Crippen LogP contribution is -2.63. The number of rotatable bonds is 3. The molecule has 3 heterocycles. The molecular formula is C23H20Cl2F3N3O2S. The number of halogens is 5. The van der Waals surface area contributed by atoms with Crippen molar-refractivity contribution in [3.05, 3.63) is 68.7 Å². The number of hydrogen-bond donors (Lipinski definition) is 1. The number of alkyl halides is 3. The molecule has 1 atom stereocenters. The summed E-state index contributed by atoms with van der Waals surface area (Å²) in [5.74, 6) is 0. The highest BCUT2D eigenvalue weighted by Crippen LogP contribution is 2.57. The van der Waals surface area contributed by atoms with Crippen molar-refractivity contribution in [1.82, 2.24) is 10.2 Å². The van der Waals surface area contributed by atoms with Gasteiger partial charge in [-0.2, -0.15) is 13.2 Å². The molecule has 0 aliphatic carbocycles. The van der Waals surface area contributed by atoms with E-state index in [1.165, 1.54) is 18.2 Å². The predicted molar refractivity (Wildman–Crippen MR) is 126 cm³/mol. The number of nitrogens with zero attached hydrogens (tertiary/aromatic N) is 2. The zero-order valence-corrected chi connectivity index (χ0v) is 20.3. The summed E-state index contributed by atoms with van der Waals surface area (Å²) in [5, 5.41) is 3.05. The number of amides is 2. The van der Waals surface area contributed by atoms with Crippen LogP contribution in [0.2, 0.25) is 10.0 Å². The highest BCUT2D eigenvalue weighted by molar-refractivity contribution is 7.99. The van der Waals surface area contributed by atoms with Gasteiger partial charge < -0.3 is 15.0 Å². The average Bonchev–Trinajstić information content (AvgIpc) is 3.35. The van der Waals surface area contributed by atoms with E-state index in [0.29, 0.717) is 49.5 Å². The standard InChI is InChI=1S/C23H20Cl2F3N3O2S/c1-2-29-20(32)31-11-21(12-31)18-4-3-13(5-14(18)10-33-21)19-9-22(34-30-19,23(26,27)28)15-6-16(24)8-17(25)7-15/h3-8H,2,9-12H2,1H3,(H,29,32). The van der Waals surface area contributed by atoms with Gasteiger partial charge in [-0.05, 0) is 65.4 Å². The minimum Gasteiger partial charge on any atom is -0.362 e. The zero-order chi connectivity index (χ0) is 24.3. The molecule has 2 aromatic rings. The van der Waals surface area contributed by atoms with Crippen molar-refractivity contribution >= 4 is 46.9 Å². The molecule has 2 amide bonds. The van der Waals surface area contributed by atoms with E-state index in [9.17, 15) is 18.0 Å². The maximum Gasteiger partial charge on any atom is 0.409 e. The summed E-state index contributed by atoms with van der Waals surface area (Å²) in [6.45, 7) is 3.61. The molecule has 5 nitrogen and oxygen atoms in total. The Balaban J connectivity index is 1.40. The molecule has 1 unspecified atom stereocenters. The molecule has 3 aliphatic rings. The Morgan fingerprint density at radius 2 is 1.91 bits per heavy atom. The summed E-state index contributed by atoms with van der Waals surface area (Å²) in [7, 11) is 0. The summed E-state index contributed by atoms with van der Waals surface area (Å²) in [6, 6.07) is 9.36. The van der Waals surface area contributed by atoms with E-state index >= 15 is 0 Å². The number of ether oxygens (including phenoxy) is 1. The third kappa shape index (κ3) is 3.77. The quantitative estimate of drug-likeness (QED) is 0.491. The van der Waals surface area contributed by atoms with E-state index < -0.39 is 16.5 Å². The number of carbonyl (C=O) groups excluding carboxylic acids is 1. The normalized spacial score (nSPS) is 23.0. The molecule has 0 bridgehead atoms. The number of urea groups is 1. The SMILES string of the molecule is CCNC(=O)N1CC2(C1)OCc1cc(C3=NSC(c4cc(Cl)cc(Cl)c4)(C(F)(F)F)C3)ccc12. The second-order valence-corrected chi connectivity index (χ2v) is 10.6. The lowest BCUT2D eigenvalue weighted by Gasteiger charge is -2.47. The predicted octanol–water partition coefficient (Wildman–Crippen LogP) is 6.06. The van der Waals surface area contributed by atoms with Crippen LogP contribution in [0, 0.1) is 0 Å². The fourth-order valence-electron chi connectivity index (χ4n) is 4.71. The number of hydrogen-bond acceptors (Lipinski definition) is 4. The van der Waals surface area contributed by atoms with Gasteiger partial charge in [0.2, 0.25) is 0 Å². The van der Waals surface area contributed by atoms with E-state index in [2.05, 4.69) is 9.71 Å². The maximum atomic E-state index is 14.3. The van der Waals surface area contributed by atoms with Gasteiger partial charge in [0, 0.05) is 23.0 Å². The second kappa shape index (κ2) is 8.33. The Morgan fingerprint density at radius 1 is 1.21 bits per heavy atom. The molecule has 1 saturated heterocycles. The zero-order valence-electron chi connectivity index (χ0n) is 18.0. The second-order valence-electron chi connectivity index (χ2n) is 8.64. The van der Waals surface area contributed by atoms with Crippen LogP contribution in [0.1, 0.15) is 35.6 Å². The van der Waals surface area contributed by atoms with E-state index in [1.807, 2.05) is 19.1 Å². The topological polar surface area (TPSA) is 53.9 Å². The molecule has 3 aliphatic heterocycles. The van der Waals surface area contributed by atoms with Gasteiger partial charge in [-0.1, -0.05) is 35.3 Å². The third-order valence-corrected chi connectivity index (χ3v) is 8.13. The van der Waals surface area contributed by atoms with Crippen LogP contribution in [0.4, 0.5) is 18.0 Å². The third-order valence-electron chi connectivity index (χ3n) is 6.46. The molecule has 1 N–H and O–H groups in total. The molecule has 2 aromatic carbocycles. The van der Waals surface area contributed by atoms with Gasteiger partial charge in [-0.25, -0.2) is 9.19 Å². The molecule has 1 spiro atoms. The minimum absolute atomic E-state index is 0.0235. The van der Waals surface area contributed by atoms with Crippen LogP contribution < -0.4 is 5.32 Å². The largest absolute Gasteiger partial charge is 0.409 e. The summed E-state index contributed by atoms with van der Waals surface area (Å²) >= 11 is 12.5. The van der Waals surface area contributed by atoms with Gasteiger partial charge in [0.15, 0.2) is 4.75 Å². The van der Waals surface area contributed by atoms with Crippen LogP contribution in [-0.4, -0.2) is 42.5 Å². The van der Waals surface area contributed by atoms with Crippen molar-refractivity contribution in [2.75, 3.05) is 19.6 Å². The number of likely N-dealkylation sites (tertiary alicyclic amines) is 1. The molecule has 34 heavy (non-hydrogen) atoms. The Morgan fingerprint density at radius 3 is 2.56 bits per heavy atom. The van der Waals surface area contributed by atoms with Crippen LogP contribution in [0.15, 0.2) is 40.8 Å². The van der Waals surface area contributed by atoms with Crippen molar-refractivity contribution in [3.63, 3.8) is 0 Å². The van der Waals surface area contributed by atoms with Crippen LogP contribution >= 0.6 is 35.1 Å². The first kappa shape index (κ1) is 23.8. The van der Waals surface area contributed by atoms with Crippen molar-refractivity contribution in [2.45, 2.75) is 36.5 Å². The van der Waals surface area contributed by atoms with Gasteiger partial charge in [-0.15, -0.1) is 0 Å². The Bertz CT molecular complexity index is 1180. The van der Waals surface area contributed by atoms with Crippen LogP contribution in [0.25, 0.3) is 0 Å². The molecule has 0 radical (unpaired) electrons. The van der Waals surface area contributed by atoms with Gasteiger partial charge in [0.05, 0.1) is 25.4 Å². The summed E-state index contributed by atoms with van der Waals surface area (Å²) in [6.07, 6.45) is -4.91. The first-order valence-electron chi connectivity index (χ1n) is 10.7. The Hall–Kier alpha value is -1.94. The fourth-order valence-corrected chi connectivity index (χ4v) is 6.20. The molecule has 11 heteroatoms. The lowest BCUT2D eigenvalue weighted by molar-refractivity contribution is -0.159. The van der Waals surface area contributed by atoms with E-state index in [4.69, 9.17) is 27.9 Å². The van der Waals surface area contributed by atoms with Crippen LogP contribution in [0.5, 0.6) is 0 Å². The number of benzene rings is 2. The Labute approximate surface area is 208 Å². The van der Waals surface area contributed by atoms with E-state index in [0.717, 1.165) is 11.1 Å². The van der Waals surface area contributed by atoms with Crippen molar-refractivity contribution in [2.24, 2.45) is 4.40 Å². The van der Waals surface area contributed by atoms with Gasteiger partial charge in [0.25, 0.3) is 0 Å². The van der Waals surface area contributed by atoms with Crippen LogP contribution in [-0.2, 0) is 21.7 Å². The van der Waals surface area contributed by atoms with Crippen molar-refractivity contribution < 1.29 is 22.7 Å². The maximum absolute atomic E-state index is 14.3. The first-order valence-corrected chi connectivity index (χ1v) is 12.2. The highest BCUT2D eigenvalue weighted by atomic mass is 35.5. The summed E-state index contributed by atoms with van der Waals surface area (Å²) < 4.78 is 51.1. The average molecular weight is 530 g/mol. The molecule has 180 valence electrons. The number of nitrogens with one attached hydrogen (secondary N) is 1. The van der Waals surface area contributed by atoms with E-state index in [-0.39, 0.29) is 28.1 Å². The number of fused-ring (bicyclic) bond motifs is 2. The molecular weight excluding hydrogens is 510 g/mol. The monoisotopic (exact) mass is 529 g/mol. The smallest absolute Gasteiger partial charge is 0.362 e.